The number of aryl methyl sites for hydroxylation is 1. The van der Waals surface area contributed by atoms with E-state index in [0.29, 0.717) is 16.8 Å². The van der Waals surface area contributed by atoms with Gasteiger partial charge in [0.15, 0.2) is 5.03 Å². The van der Waals surface area contributed by atoms with Gasteiger partial charge in [-0.1, -0.05) is 43.3 Å². The SMILES string of the molecule is CCCn1nc(S(=O)(=O)c2cccc3ccccc23)c2cc(N3CCNCC3)ccc21. The summed E-state index contributed by atoms with van der Waals surface area (Å²) in [6.07, 6.45) is 0.879. The van der Waals surface area contributed by atoms with Gasteiger partial charge in [0.05, 0.1) is 10.4 Å². The zero-order valence-corrected chi connectivity index (χ0v) is 18.4. The van der Waals surface area contributed by atoms with Gasteiger partial charge in [0.2, 0.25) is 9.84 Å². The van der Waals surface area contributed by atoms with Crippen molar-refractivity contribution in [1.29, 1.82) is 0 Å². The van der Waals surface area contributed by atoms with E-state index in [-0.39, 0.29) is 5.03 Å². The molecule has 0 atom stereocenters. The zero-order chi connectivity index (χ0) is 21.4. The smallest absolute Gasteiger partial charge is 0.226 e. The van der Waals surface area contributed by atoms with Crippen molar-refractivity contribution < 1.29 is 8.42 Å². The van der Waals surface area contributed by atoms with Crippen LogP contribution >= 0.6 is 0 Å². The molecule has 4 aromatic rings. The minimum absolute atomic E-state index is 0.143. The molecule has 7 heteroatoms. The molecule has 1 aliphatic heterocycles. The molecular weight excluding hydrogens is 408 g/mol. The second-order valence-corrected chi connectivity index (χ2v) is 9.78. The highest BCUT2D eigenvalue weighted by atomic mass is 32.2. The van der Waals surface area contributed by atoms with Gasteiger partial charge in [-0.05, 0) is 36.1 Å². The first-order valence-corrected chi connectivity index (χ1v) is 12.3. The highest BCUT2D eigenvalue weighted by Crippen LogP contribution is 2.34. The van der Waals surface area contributed by atoms with Crippen molar-refractivity contribution in [2.24, 2.45) is 0 Å². The lowest BCUT2D eigenvalue weighted by atomic mass is 10.1. The van der Waals surface area contributed by atoms with Gasteiger partial charge in [0, 0.05) is 49.2 Å². The predicted octanol–water partition coefficient (Wildman–Crippen LogP) is 3.84. The molecule has 1 aromatic heterocycles. The summed E-state index contributed by atoms with van der Waals surface area (Å²) in [7, 11) is -3.80. The predicted molar refractivity (Wildman–Crippen MR) is 125 cm³/mol. The summed E-state index contributed by atoms with van der Waals surface area (Å²) < 4.78 is 29.6. The molecule has 0 spiro atoms. The normalized spacial score (nSPS) is 15.1. The molecule has 0 bridgehead atoms. The van der Waals surface area contributed by atoms with Crippen LogP contribution in [0.4, 0.5) is 5.69 Å². The zero-order valence-electron chi connectivity index (χ0n) is 17.6. The Hall–Kier alpha value is -2.90. The van der Waals surface area contributed by atoms with Gasteiger partial charge in [-0.3, -0.25) is 4.68 Å². The lowest BCUT2D eigenvalue weighted by Crippen LogP contribution is -2.43. The summed E-state index contributed by atoms with van der Waals surface area (Å²) in [6, 6.07) is 19.1. The average Bonchev–Trinajstić information content (AvgIpc) is 3.18. The molecule has 1 saturated heterocycles. The highest BCUT2D eigenvalue weighted by molar-refractivity contribution is 7.91. The molecule has 0 amide bonds. The molecule has 0 unspecified atom stereocenters. The Kier molecular flexibility index (Phi) is 5.16. The Morgan fingerprint density at radius 1 is 0.968 bits per heavy atom. The second-order valence-electron chi connectivity index (χ2n) is 7.95. The third-order valence-electron chi connectivity index (χ3n) is 5.91. The Bertz CT molecular complexity index is 1350. The molecule has 160 valence electrons. The van der Waals surface area contributed by atoms with E-state index in [2.05, 4.69) is 28.3 Å². The van der Waals surface area contributed by atoms with Gasteiger partial charge in [-0.15, -0.1) is 0 Å². The Morgan fingerprint density at radius 3 is 2.55 bits per heavy atom. The van der Waals surface area contributed by atoms with E-state index in [1.165, 1.54) is 0 Å². The third-order valence-corrected chi connectivity index (χ3v) is 7.66. The van der Waals surface area contributed by atoms with Crippen molar-refractivity contribution in [3.05, 3.63) is 60.7 Å². The van der Waals surface area contributed by atoms with Crippen LogP contribution in [-0.4, -0.2) is 44.4 Å². The van der Waals surface area contributed by atoms with Crippen molar-refractivity contribution in [2.45, 2.75) is 29.8 Å². The number of anilines is 1. The quantitative estimate of drug-likeness (QED) is 0.517. The average molecular weight is 435 g/mol. The van der Waals surface area contributed by atoms with Gasteiger partial charge >= 0.3 is 0 Å². The van der Waals surface area contributed by atoms with Gasteiger partial charge in [0.25, 0.3) is 0 Å². The fourth-order valence-corrected chi connectivity index (χ4v) is 5.97. The Morgan fingerprint density at radius 2 is 1.74 bits per heavy atom. The van der Waals surface area contributed by atoms with Crippen LogP contribution in [0.2, 0.25) is 0 Å². The minimum Gasteiger partial charge on any atom is -0.369 e. The van der Waals surface area contributed by atoms with Crippen LogP contribution in [0.15, 0.2) is 70.6 Å². The van der Waals surface area contributed by atoms with Crippen LogP contribution in [0.1, 0.15) is 13.3 Å². The van der Waals surface area contributed by atoms with E-state index in [1.807, 2.05) is 47.1 Å². The van der Waals surface area contributed by atoms with Crippen LogP contribution < -0.4 is 10.2 Å². The molecule has 0 aliphatic carbocycles. The standard InChI is InChI=1S/C24H26N4O2S/c1-2-14-28-22-11-10-19(27-15-12-25-13-16-27)17-21(22)24(26-28)31(29,30)23-9-5-7-18-6-3-4-8-20(18)23/h3-11,17,25H,2,12-16H2,1H3. The maximum absolute atomic E-state index is 13.9. The molecule has 0 saturated carbocycles. The van der Waals surface area contributed by atoms with Crippen molar-refractivity contribution in [1.82, 2.24) is 15.1 Å². The van der Waals surface area contributed by atoms with Crippen molar-refractivity contribution in [3.63, 3.8) is 0 Å². The van der Waals surface area contributed by atoms with Gasteiger partial charge in [-0.2, -0.15) is 5.10 Å². The number of hydrogen-bond donors (Lipinski definition) is 1. The van der Waals surface area contributed by atoms with E-state index in [0.717, 1.165) is 54.6 Å². The fraction of sp³-hybridized carbons (Fsp3) is 0.292. The van der Waals surface area contributed by atoms with E-state index in [9.17, 15) is 8.42 Å². The van der Waals surface area contributed by atoms with E-state index < -0.39 is 9.84 Å². The topological polar surface area (TPSA) is 67.2 Å². The fourth-order valence-electron chi connectivity index (χ4n) is 4.37. The number of sulfone groups is 1. The second kappa shape index (κ2) is 7.98. The monoisotopic (exact) mass is 434 g/mol. The molecule has 2 heterocycles. The Balaban J connectivity index is 1.72. The van der Waals surface area contributed by atoms with Crippen molar-refractivity contribution in [3.8, 4) is 0 Å². The number of nitrogens with zero attached hydrogens (tertiary/aromatic N) is 3. The first kappa shape index (κ1) is 20.0. The molecule has 31 heavy (non-hydrogen) atoms. The maximum atomic E-state index is 13.9. The summed E-state index contributed by atoms with van der Waals surface area (Å²) in [4.78, 5) is 2.60. The van der Waals surface area contributed by atoms with E-state index in [4.69, 9.17) is 0 Å². The summed E-state index contributed by atoms with van der Waals surface area (Å²) in [6.45, 7) is 6.40. The van der Waals surface area contributed by atoms with Gasteiger partial charge in [-0.25, -0.2) is 8.42 Å². The molecule has 1 aliphatic rings. The lowest BCUT2D eigenvalue weighted by Gasteiger charge is -2.29. The lowest BCUT2D eigenvalue weighted by molar-refractivity contribution is 0.575. The molecule has 5 rings (SSSR count). The van der Waals surface area contributed by atoms with Crippen LogP contribution in [0.25, 0.3) is 21.7 Å². The van der Waals surface area contributed by atoms with Crippen molar-refractivity contribution in [2.75, 3.05) is 31.1 Å². The van der Waals surface area contributed by atoms with Crippen LogP contribution in [0, 0.1) is 0 Å². The number of aromatic nitrogens is 2. The molecule has 6 nitrogen and oxygen atoms in total. The first-order chi connectivity index (χ1) is 15.1. The molecule has 3 aromatic carbocycles. The summed E-state index contributed by atoms with van der Waals surface area (Å²) >= 11 is 0. The van der Waals surface area contributed by atoms with Gasteiger partial charge in [0.1, 0.15) is 0 Å². The molecule has 1 fully saturated rings. The maximum Gasteiger partial charge on any atom is 0.226 e. The third kappa shape index (κ3) is 3.47. The Labute approximate surface area is 182 Å². The number of piperazine rings is 1. The van der Waals surface area contributed by atoms with E-state index in [1.54, 1.807) is 12.1 Å². The van der Waals surface area contributed by atoms with Crippen LogP contribution in [0.5, 0.6) is 0 Å². The number of hydrogen-bond acceptors (Lipinski definition) is 5. The largest absolute Gasteiger partial charge is 0.369 e. The number of benzene rings is 3. The van der Waals surface area contributed by atoms with E-state index >= 15 is 0 Å². The molecule has 0 radical (unpaired) electrons. The summed E-state index contributed by atoms with van der Waals surface area (Å²) in [5.41, 5.74) is 1.90. The summed E-state index contributed by atoms with van der Waals surface area (Å²) in [5, 5.41) is 10.4. The van der Waals surface area contributed by atoms with Crippen LogP contribution in [-0.2, 0) is 16.4 Å². The van der Waals surface area contributed by atoms with Crippen molar-refractivity contribution >= 4 is 37.2 Å². The summed E-state index contributed by atoms with van der Waals surface area (Å²) in [5.74, 6) is 0. The highest BCUT2D eigenvalue weighted by Gasteiger charge is 2.27. The number of nitrogens with one attached hydrogen (secondary N) is 1. The first-order valence-electron chi connectivity index (χ1n) is 10.8. The molecule has 1 N–H and O–H groups in total. The van der Waals surface area contributed by atoms with Crippen LogP contribution in [0.3, 0.4) is 0 Å². The van der Waals surface area contributed by atoms with Gasteiger partial charge < -0.3 is 10.2 Å². The number of rotatable bonds is 5. The minimum atomic E-state index is -3.80. The number of fused-ring (bicyclic) bond motifs is 2. The molecular formula is C24H26N4O2S.